The van der Waals surface area contributed by atoms with Crippen LogP contribution in [0, 0.1) is 5.92 Å². The van der Waals surface area contributed by atoms with E-state index in [1.807, 2.05) is 18.2 Å². The molecule has 2 N–H and O–H groups in total. The molecule has 3 heteroatoms. The molecule has 0 radical (unpaired) electrons. The summed E-state index contributed by atoms with van der Waals surface area (Å²) in [6.07, 6.45) is 4.70. The molecule has 1 aliphatic rings. The van der Waals surface area contributed by atoms with Gasteiger partial charge in [-0.05, 0) is 36.5 Å². The quantitative estimate of drug-likeness (QED) is 0.895. The van der Waals surface area contributed by atoms with Gasteiger partial charge in [-0.2, -0.15) is 0 Å². The van der Waals surface area contributed by atoms with E-state index in [1.165, 1.54) is 19.3 Å². The molecule has 0 aliphatic heterocycles. The second-order valence-electron chi connectivity index (χ2n) is 5.29. The summed E-state index contributed by atoms with van der Waals surface area (Å²) in [5.41, 5.74) is 7.54. The van der Waals surface area contributed by atoms with Crippen molar-refractivity contribution in [1.82, 2.24) is 0 Å². The molecule has 0 spiro atoms. The van der Waals surface area contributed by atoms with E-state index >= 15 is 0 Å². The molecule has 1 aliphatic carbocycles. The van der Waals surface area contributed by atoms with Gasteiger partial charge >= 0.3 is 0 Å². The van der Waals surface area contributed by atoms with Crippen LogP contribution in [0.2, 0.25) is 0 Å². The lowest BCUT2D eigenvalue weighted by molar-refractivity contribution is 0.205. The first kappa shape index (κ1) is 13.2. The Morgan fingerprint density at radius 1 is 1.11 bits per heavy atom. The van der Waals surface area contributed by atoms with Crippen LogP contribution < -0.4 is 15.2 Å². The molecule has 0 bridgehead atoms. The highest BCUT2D eigenvalue weighted by Crippen LogP contribution is 2.41. The highest BCUT2D eigenvalue weighted by atomic mass is 16.5. The molecule has 100 valence electrons. The van der Waals surface area contributed by atoms with Crippen LogP contribution in [-0.2, 0) is 5.54 Å². The number of hydrogen-bond donors (Lipinski definition) is 1. The molecule has 0 amide bonds. The van der Waals surface area contributed by atoms with Crippen molar-refractivity contribution >= 4 is 0 Å². The summed E-state index contributed by atoms with van der Waals surface area (Å²) in [4.78, 5) is 0. The van der Waals surface area contributed by atoms with Gasteiger partial charge in [0.2, 0.25) is 0 Å². The van der Waals surface area contributed by atoms with Gasteiger partial charge in [0.25, 0.3) is 0 Å². The van der Waals surface area contributed by atoms with Crippen LogP contribution >= 0.6 is 0 Å². The van der Waals surface area contributed by atoms with Gasteiger partial charge in [-0.25, -0.2) is 0 Å². The Morgan fingerprint density at radius 2 is 1.72 bits per heavy atom. The van der Waals surface area contributed by atoms with Crippen LogP contribution in [0.15, 0.2) is 18.2 Å². The average molecular weight is 249 g/mol. The number of benzene rings is 1. The van der Waals surface area contributed by atoms with E-state index in [2.05, 4.69) is 6.92 Å². The lowest BCUT2D eigenvalue weighted by atomic mass is 9.70. The Hall–Kier alpha value is -1.22. The molecule has 1 saturated carbocycles. The van der Waals surface area contributed by atoms with Crippen LogP contribution in [0.1, 0.15) is 38.2 Å². The minimum absolute atomic E-state index is 0.250. The molecule has 0 saturated heterocycles. The van der Waals surface area contributed by atoms with Crippen molar-refractivity contribution in [3.63, 3.8) is 0 Å². The lowest BCUT2D eigenvalue weighted by Gasteiger charge is -2.40. The highest BCUT2D eigenvalue weighted by molar-refractivity contribution is 5.42. The van der Waals surface area contributed by atoms with Crippen molar-refractivity contribution in [3.8, 4) is 11.5 Å². The van der Waals surface area contributed by atoms with E-state index in [1.54, 1.807) is 14.2 Å². The van der Waals surface area contributed by atoms with E-state index < -0.39 is 0 Å². The van der Waals surface area contributed by atoms with Crippen LogP contribution in [0.4, 0.5) is 0 Å². The summed E-state index contributed by atoms with van der Waals surface area (Å²) in [7, 11) is 3.35. The van der Waals surface area contributed by atoms with Gasteiger partial charge in [0.1, 0.15) is 11.5 Å². The van der Waals surface area contributed by atoms with Gasteiger partial charge in [0.05, 0.1) is 14.2 Å². The predicted octanol–water partition coefficient (Wildman–Crippen LogP) is 3.07. The maximum Gasteiger partial charge on any atom is 0.122 e. The number of ether oxygens (including phenoxy) is 2. The summed E-state index contributed by atoms with van der Waals surface area (Å²) in [5.74, 6) is 2.11. The van der Waals surface area contributed by atoms with Crippen molar-refractivity contribution < 1.29 is 9.47 Å². The first-order valence-corrected chi connectivity index (χ1v) is 6.62. The summed E-state index contributed by atoms with van der Waals surface area (Å²) >= 11 is 0. The molecule has 2 atom stereocenters. The average Bonchev–Trinajstić information content (AvgIpc) is 2.41. The fourth-order valence-corrected chi connectivity index (χ4v) is 2.88. The van der Waals surface area contributed by atoms with Crippen molar-refractivity contribution in [2.45, 2.75) is 38.1 Å². The Kier molecular flexibility index (Phi) is 3.81. The lowest BCUT2D eigenvalue weighted by Crippen LogP contribution is -2.45. The fourth-order valence-electron chi connectivity index (χ4n) is 2.88. The number of hydrogen-bond acceptors (Lipinski definition) is 3. The van der Waals surface area contributed by atoms with Gasteiger partial charge in [-0.1, -0.05) is 19.8 Å². The third kappa shape index (κ3) is 2.32. The Morgan fingerprint density at radius 3 is 2.22 bits per heavy atom. The molecule has 1 aromatic rings. The topological polar surface area (TPSA) is 44.5 Å². The summed E-state index contributed by atoms with van der Waals surface area (Å²) in [6.45, 7) is 2.24. The third-order valence-corrected chi connectivity index (χ3v) is 4.25. The number of methoxy groups -OCH3 is 2. The second-order valence-corrected chi connectivity index (χ2v) is 5.29. The van der Waals surface area contributed by atoms with Crippen molar-refractivity contribution in [2.75, 3.05) is 14.2 Å². The Balaban J connectivity index is 2.41. The second kappa shape index (κ2) is 5.19. The zero-order valence-corrected chi connectivity index (χ0v) is 11.5. The maximum absolute atomic E-state index is 6.66. The SMILES string of the molecule is COc1cc(OC)cc(C2(N)CCCCC2C)c1. The zero-order valence-electron chi connectivity index (χ0n) is 11.5. The van der Waals surface area contributed by atoms with E-state index in [4.69, 9.17) is 15.2 Å². The van der Waals surface area contributed by atoms with E-state index in [0.717, 1.165) is 23.5 Å². The monoisotopic (exact) mass is 249 g/mol. The third-order valence-electron chi connectivity index (χ3n) is 4.25. The standard InChI is InChI=1S/C15H23NO2/c1-11-6-4-5-7-15(11,16)12-8-13(17-2)10-14(9-12)18-3/h8-11H,4-7,16H2,1-3H3. The van der Waals surface area contributed by atoms with Crippen molar-refractivity contribution in [1.29, 1.82) is 0 Å². The molecule has 2 rings (SSSR count). The normalized spacial score (nSPS) is 27.9. The van der Waals surface area contributed by atoms with Crippen LogP contribution in [0.25, 0.3) is 0 Å². The number of nitrogens with two attached hydrogens (primary N) is 1. The highest BCUT2D eigenvalue weighted by Gasteiger charge is 2.36. The first-order chi connectivity index (χ1) is 8.60. The van der Waals surface area contributed by atoms with Gasteiger partial charge in [-0.15, -0.1) is 0 Å². The van der Waals surface area contributed by atoms with E-state index in [9.17, 15) is 0 Å². The minimum atomic E-state index is -0.250. The van der Waals surface area contributed by atoms with E-state index in [-0.39, 0.29) is 5.54 Å². The maximum atomic E-state index is 6.66. The van der Waals surface area contributed by atoms with Gasteiger partial charge < -0.3 is 15.2 Å². The molecular formula is C15H23NO2. The Bertz CT molecular complexity index is 397. The molecule has 2 unspecified atom stereocenters. The largest absolute Gasteiger partial charge is 0.497 e. The smallest absolute Gasteiger partial charge is 0.122 e. The minimum Gasteiger partial charge on any atom is -0.497 e. The van der Waals surface area contributed by atoms with Gasteiger partial charge in [0, 0.05) is 11.6 Å². The zero-order chi connectivity index (χ0) is 13.2. The molecular weight excluding hydrogens is 226 g/mol. The molecule has 1 aromatic carbocycles. The van der Waals surface area contributed by atoms with Crippen molar-refractivity contribution in [3.05, 3.63) is 23.8 Å². The molecule has 1 fully saturated rings. The number of rotatable bonds is 3. The summed E-state index contributed by atoms with van der Waals surface area (Å²) < 4.78 is 10.7. The van der Waals surface area contributed by atoms with Crippen LogP contribution in [-0.4, -0.2) is 14.2 Å². The van der Waals surface area contributed by atoms with Crippen LogP contribution in [0.3, 0.4) is 0 Å². The summed E-state index contributed by atoms with van der Waals surface area (Å²) in [5, 5.41) is 0. The summed E-state index contributed by atoms with van der Waals surface area (Å²) in [6, 6.07) is 5.98. The molecule has 0 aromatic heterocycles. The first-order valence-electron chi connectivity index (χ1n) is 6.62. The molecule has 3 nitrogen and oxygen atoms in total. The molecule has 18 heavy (non-hydrogen) atoms. The van der Waals surface area contributed by atoms with Gasteiger partial charge in [0.15, 0.2) is 0 Å². The van der Waals surface area contributed by atoms with E-state index in [0.29, 0.717) is 5.92 Å². The fraction of sp³-hybridized carbons (Fsp3) is 0.600. The van der Waals surface area contributed by atoms with Gasteiger partial charge in [-0.3, -0.25) is 0 Å². The predicted molar refractivity (Wildman–Crippen MR) is 73.0 cm³/mol. The molecule has 0 heterocycles. The van der Waals surface area contributed by atoms with Crippen molar-refractivity contribution in [2.24, 2.45) is 11.7 Å². The van der Waals surface area contributed by atoms with Crippen LogP contribution in [0.5, 0.6) is 11.5 Å². The Labute approximate surface area is 109 Å².